The van der Waals surface area contributed by atoms with Gasteiger partial charge in [-0.3, -0.25) is 15.0 Å². The molecule has 1 heterocycles. The standard InChI is InChI=1S/C13H18N2O2/c1-12(2)10-7-6-9(15(16)17)8-11(10)13(3,4)14(12)5/h6-8H,1-5H3. The number of non-ortho nitro benzene ring substituents is 1. The van der Waals surface area contributed by atoms with Crippen molar-refractivity contribution in [3.05, 3.63) is 39.4 Å². The van der Waals surface area contributed by atoms with E-state index in [2.05, 4.69) is 39.6 Å². The van der Waals surface area contributed by atoms with Crippen LogP contribution >= 0.6 is 0 Å². The third-order valence-corrected chi connectivity index (χ3v) is 4.21. The monoisotopic (exact) mass is 234 g/mol. The Balaban J connectivity index is 2.68. The van der Waals surface area contributed by atoms with Crippen LogP contribution < -0.4 is 0 Å². The van der Waals surface area contributed by atoms with E-state index in [-0.39, 0.29) is 21.7 Å². The van der Waals surface area contributed by atoms with E-state index in [1.165, 1.54) is 5.56 Å². The van der Waals surface area contributed by atoms with Gasteiger partial charge in [0.2, 0.25) is 0 Å². The van der Waals surface area contributed by atoms with Crippen LogP contribution in [0.5, 0.6) is 0 Å². The van der Waals surface area contributed by atoms with E-state index in [1.54, 1.807) is 12.1 Å². The normalized spacial score (nSPS) is 21.2. The molecule has 0 saturated carbocycles. The van der Waals surface area contributed by atoms with Crippen molar-refractivity contribution in [2.24, 2.45) is 0 Å². The van der Waals surface area contributed by atoms with Crippen LogP contribution in [0.3, 0.4) is 0 Å². The summed E-state index contributed by atoms with van der Waals surface area (Å²) in [4.78, 5) is 12.8. The van der Waals surface area contributed by atoms with Crippen LogP contribution in [0.25, 0.3) is 0 Å². The summed E-state index contributed by atoms with van der Waals surface area (Å²) in [6, 6.07) is 5.19. The fraction of sp³-hybridized carbons (Fsp3) is 0.538. The summed E-state index contributed by atoms with van der Waals surface area (Å²) in [5.74, 6) is 0. The molecule has 4 nitrogen and oxygen atoms in total. The van der Waals surface area contributed by atoms with Gasteiger partial charge >= 0.3 is 0 Å². The zero-order chi connectivity index (χ0) is 13.0. The number of nitrogens with zero attached hydrogens (tertiary/aromatic N) is 2. The Morgan fingerprint density at radius 3 is 2.18 bits per heavy atom. The van der Waals surface area contributed by atoms with Gasteiger partial charge < -0.3 is 0 Å². The summed E-state index contributed by atoms with van der Waals surface area (Å²) in [5.41, 5.74) is 2.14. The third-order valence-electron chi connectivity index (χ3n) is 4.21. The maximum Gasteiger partial charge on any atom is 0.269 e. The first-order valence-electron chi connectivity index (χ1n) is 5.72. The minimum atomic E-state index is -0.332. The first-order chi connectivity index (χ1) is 7.69. The van der Waals surface area contributed by atoms with Crippen LogP contribution in [0.15, 0.2) is 18.2 Å². The van der Waals surface area contributed by atoms with Crippen LogP contribution in [-0.2, 0) is 11.1 Å². The average molecular weight is 234 g/mol. The Bertz CT molecular complexity index is 492. The van der Waals surface area contributed by atoms with Gasteiger partial charge in [0.15, 0.2) is 0 Å². The molecule has 0 aliphatic carbocycles. The van der Waals surface area contributed by atoms with Crippen molar-refractivity contribution in [2.45, 2.75) is 38.8 Å². The highest BCUT2D eigenvalue weighted by atomic mass is 16.6. The lowest BCUT2D eigenvalue weighted by Gasteiger charge is -2.37. The molecule has 0 N–H and O–H groups in total. The Kier molecular flexibility index (Phi) is 2.33. The van der Waals surface area contributed by atoms with E-state index in [0.717, 1.165) is 5.56 Å². The molecule has 4 heteroatoms. The average Bonchev–Trinajstić information content (AvgIpc) is 2.38. The van der Waals surface area contributed by atoms with Crippen molar-refractivity contribution in [3.63, 3.8) is 0 Å². The number of rotatable bonds is 1. The fourth-order valence-electron chi connectivity index (χ4n) is 2.75. The van der Waals surface area contributed by atoms with E-state index in [1.807, 2.05) is 6.07 Å². The molecule has 1 aliphatic rings. The minimum absolute atomic E-state index is 0.0893. The molecule has 0 spiro atoms. The van der Waals surface area contributed by atoms with Gasteiger partial charge in [-0.1, -0.05) is 6.07 Å². The maximum absolute atomic E-state index is 10.8. The molecule has 1 aliphatic heterocycles. The molecular weight excluding hydrogens is 216 g/mol. The highest BCUT2D eigenvalue weighted by Gasteiger charge is 2.47. The summed E-state index contributed by atoms with van der Waals surface area (Å²) in [7, 11) is 2.06. The van der Waals surface area contributed by atoms with E-state index < -0.39 is 0 Å². The molecule has 0 fully saturated rings. The van der Waals surface area contributed by atoms with Crippen LogP contribution in [0, 0.1) is 10.1 Å². The van der Waals surface area contributed by atoms with Crippen LogP contribution in [0.2, 0.25) is 0 Å². The smallest absolute Gasteiger partial charge is 0.269 e. The molecule has 0 unspecified atom stereocenters. The van der Waals surface area contributed by atoms with E-state index >= 15 is 0 Å². The molecule has 1 aromatic carbocycles. The van der Waals surface area contributed by atoms with Crippen molar-refractivity contribution < 1.29 is 4.92 Å². The van der Waals surface area contributed by atoms with Crippen molar-refractivity contribution in [1.82, 2.24) is 4.90 Å². The maximum atomic E-state index is 10.8. The largest absolute Gasteiger partial charge is 0.288 e. The SMILES string of the molecule is CN1C(C)(C)c2ccc([N+](=O)[O-])cc2C1(C)C. The second-order valence-corrected chi connectivity index (χ2v) is 5.66. The number of fused-ring (bicyclic) bond motifs is 1. The van der Waals surface area contributed by atoms with E-state index in [0.29, 0.717) is 0 Å². The van der Waals surface area contributed by atoms with Crippen molar-refractivity contribution in [2.75, 3.05) is 7.05 Å². The molecule has 0 radical (unpaired) electrons. The lowest BCUT2D eigenvalue weighted by atomic mass is 9.90. The van der Waals surface area contributed by atoms with Gasteiger partial charge in [-0.05, 0) is 45.9 Å². The van der Waals surface area contributed by atoms with Crippen LogP contribution in [0.4, 0.5) is 5.69 Å². The molecule has 17 heavy (non-hydrogen) atoms. The highest BCUT2D eigenvalue weighted by Crippen LogP contribution is 2.48. The number of benzene rings is 1. The van der Waals surface area contributed by atoms with Crippen LogP contribution in [0.1, 0.15) is 38.8 Å². The second kappa shape index (κ2) is 3.29. The van der Waals surface area contributed by atoms with Gasteiger partial charge in [0.25, 0.3) is 5.69 Å². The van der Waals surface area contributed by atoms with Gasteiger partial charge in [0.05, 0.1) is 4.92 Å². The van der Waals surface area contributed by atoms with Crippen LogP contribution in [-0.4, -0.2) is 16.9 Å². The van der Waals surface area contributed by atoms with Gasteiger partial charge in [-0.25, -0.2) is 0 Å². The summed E-state index contributed by atoms with van der Waals surface area (Å²) in [5, 5.41) is 10.8. The van der Waals surface area contributed by atoms with Gasteiger partial charge in [0, 0.05) is 23.2 Å². The predicted octanol–water partition coefficient (Wildman–Crippen LogP) is 3.01. The Hall–Kier alpha value is -1.42. The zero-order valence-corrected chi connectivity index (χ0v) is 10.9. The zero-order valence-electron chi connectivity index (χ0n) is 10.9. The summed E-state index contributed by atoms with van der Waals surface area (Å²) < 4.78 is 0. The summed E-state index contributed by atoms with van der Waals surface area (Å²) in [6.45, 7) is 8.49. The molecule has 0 saturated heterocycles. The quantitative estimate of drug-likeness (QED) is 0.554. The van der Waals surface area contributed by atoms with E-state index in [9.17, 15) is 10.1 Å². The first-order valence-corrected chi connectivity index (χ1v) is 5.72. The summed E-state index contributed by atoms with van der Waals surface area (Å²) in [6.07, 6.45) is 0. The number of hydrogen-bond donors (Lipinski definition) is 0. The Morgan fingerprint density at radius 2 is 1.65 bits per heavy atom. The molecule has 0 atom stereocenters. The lowest BCUT2D eigenvalue weighted by molar-refractivity contribution is -0.385. The molecule has 1 aromatic rings. The fourth-order valence-corrected chi connectivity index (χ4v) is 2.75. The highest BCUT2D eigenvalue weighted by molar-refractivity contribution is 5.49. The van der Waals surface area contributed by atoms with Crippen molar-refractivity contribution in [1.29, 1.82) is 0 Å². The molecule has 0 amide bonds. The Labute approximate surface area is 101 Å². The lowest BCUT2D eigenvalue weighted by Crippen LogP contribution is -2.42. The molecule has 0 bridgehead atoms. The van der Waals surface area contributed by atoms with Gasteiger partial charge in [0.1, 0.15) is 0 Å². The summed E-state index contributed by atoms with van der Waals surface area (Å²) >= 11 is 0. The van der Waals surface area contributed by atoms with Crippen molar-refractivity contribution >= 4 is 5.69 Å². The molecule has 0 aromatic heterocycles. The number of nitro groups is 1. The second-order valence-electron chi connectivity index (χ2n) is 5.66. The molecule has 2 rings (SSSR count). The minimum Gasteiger partial charge on any atom is -0.288 e. The molecule has 92 valence electrons. The Morgan fingerprint density at radius 1 is 1.12 bits per heavy atom. The van der Waals surface area contributed by atoms with E-state index in [4.69, 9.17) is 0 Å². The predicted molar refractivity (Wildman–Crippen MR) is 66.9 cm³/mol. The number of hydrogen-bond acceptors (Lipinski definition) is 3. The third kappa shape index (κ3) is 1.47. The molecular formula is C13H18N2O2. The van der Waals surface area contributed by atoms with Gasteiger partial charge in [-0.2, -0.15) is 0 Å². The number of nitro benzene ring substituents is 1. The van der Waals surface area contributed by atoms with Crippen molar-refractivity contribution in [3.8, 4) is 0 Å². The topological polar surface area (TPSA) is 46.4 Å². The van der Waals surface area contributed by atoms with Gasteiger partial charge in [-0.15, -0.1) is 0 Å². The first kappa shape index (κ1) is 12.0.